The van der Waals surface area contributed by atoms with Crippen molar-refractivity contribution in [1.82, 2.24) is 0 Å². The highest BCUT2D eigenvalue weighted by molar-refractivity contribution is 7.47. The molecule has 0 fully saturated rings. The summed E-state index contributed by atoms with van der Waals surface area (Å²) < 4.78 is 34.5. The Labute approximate surface area is 247 Å². The van der Waals surface area contributed by atoms with Crippen molar-refractivity contribution in [2.75, 3.05) is 54.1 Å². The zero-order valence-corrected chi connectivity index (χ0v) is 27.7. The van der Waals surface area contributed by atoms with E-state index < -0.39 is 13.9 Å². The molecule has 40 heavy (non-hydrogen) atoms. The van der Waals surface area contributed by atoms with Gasteiger partial charge in [0.15, 0.2) is 0 Å². The Bertz CT molecular complexity index is 627. The molecular formula is C31H65NO7P+. The third kappa shape index (κ3) is 29.0. The Morgan fingerprint density at radius 2 is 1.15 bits per heavy atom. The maximum atomic E-state index is 12.4. The summed E-state index contributed by atoms with van der Waals surface area (Å²) in [6.07, 6.45) is 21.5. The second-order valence-corrected chi connectivity index (χ2v) is 13.7. The van der Waals surface area contributed by atoms with Crippen molar-refractivity contribution >= 4 is 13.8 Å². The normalized spacial score (nSPS) is 14.2. The van der Waals surface area contributed by atoms with Gasteiger partial charge in [0.1, 0.15) is 19.3 Å². The predicted octanol–water partition coefficient (Wildman–Crippen LogP) is 8.21. The lowest BCUT2D eigenvalue weighted by atomic mass is 10.0. The number of carbonyl (C=O) groups is 1. The van der Waals surface area contributed by atoms with Gasteiger partial charge in [-0.05, 0) is 12.8 Å². The molecule has 240 valence electrons. The molecule has 8 nitrogen and oxygen atoms in total. The molecule has 0 heterocycles. The molecule has 0 rings (SSSR count). The van der Waals surface area contributed by atoms with Gasteiger partial charge in [-0.3, -0.25) is 13.8 Å². The predicted molar refractivity (Wildman–Crippen MR) is 164 cm³/mol. The zero-order valence-electron chi connectivity index (χ0n) is 26.8. The number of phosphoric ester groups is 1. The average molecular weight is 595 g/mol. The van der Waals surface area contributed by atoms with Gasteiger partial charge in [0, 0.05) is 13.0 Å². The number of hydrogen-bond donors (Lipinski definition) is 1. The lowest BCUT2D eigenvalue weighted by Gasteiger charge is -2.24. The van der Waals surface area contributed by atoms with Gasteiger partial charge in [-0.15, -0.1) is 0 Å². The fourth-order valence-electron chi connectivity index (χ4n) is 4.32. The molecule has 0 saturated heterocycles. The molecule has 0 aliphatic carbocycles. The van der Waals surface area contributed by atoms with Crippen LogP contribution in [0.25, 0.3) is 0 Å². The summed E-state index contributed by atoms with van der Waals surface area (Å²) in [6.45, 7) is 5.54. The number of hydrogen-bond acceptors (Lipinski definition) is 6. The van der Waals surface area contributed by atoms with Crippen LogP contribution in [0, 0.1) is 0 Å². The largest absolute Gasteiger partial charge is 0.472 e. The van der Waals surface area contributed by atoms with E-state index in [0.717, 1.165) is 38.5 Å². The summed E-state index contributed by atoms with van der Waals surface area (Å²) in [4.78, 5) is 22.4. The Balaban J connectivity index is 4.22. The number of unbranched alkanes of at least 4 members (excludes halogenated alkanes) is 16. The van der Waals surface area contributed by atoms with Gasteiger partial charge in [0.25, 0.3) is 0 Å². The maximum absolute atomic E-state index is 12.4. The first-order valence-corrected chi connectivity index (χ1v) is 17.8. The van der Waals surface area contributed by atoms with E-state index in [1.807, 2.05) is 21.1 Å². The fraction of sp³-hybridized carbons (Fsp3) is 0.968. The van der Waals surface area contributed by atoms with Crippen LogP contribution in [0.2, 0.25) is 0 Å². The molecule has 0 bridgehead atoms. The Kier molecular flexibility index (Phi) is 25.8. The molecule has 0 aromatic heterocycles. The summed E-state index contributed by atoms with van der Waals surface area (Å²) in [5.41, 5.74) is 0. The molecule has 0 aliphatic heterocycles. The topological polar surface area (TPSA) is 91.3 Å². The second kappa shape index (κ2) is 26.2. The van der Waals surface area contributed by atoms with Gasteiger partial charge in [-0.25, -0.2) is 4.57 Å². The Morgan fingerprint density at radius 3 is 1.65 bits per heavy atom. The van der Waals surface area contributed by atoms with E-state index in [2.05, 4.69) is 13.8 Å². The van der Waals surface area contributed by atoms with Crippen LogP contribution in [0.4, 0.5) is 0 Å². The van der Waals surface area contributed by atoms with Crippen LogP contribution in [0.15, 0.2) is 0 Å². The van der Waals surface area contributed by atoms with E-state index in [-0.39, 0.29) is 25.8 Å². The van der Waals surface area contributed by atoms with E-state index in [4.69, 9.17) is 18.5 Å². The van der Waals surface area contributed by atoms with E-state index in [1.165, 1.54) is 77.0 Å². The second-order valence-electron chi connectivity index (χ2n) is 12.2. The molecule has 0 aromatic rings. The highest BCUT2D eigenvalue weighted by Crippen LogP contribution is 2.43. The van der Waals surface area contributed by atoms with Crippen molar-refractivity contribution in [3.63, 3.8) is 0 Å². The molecule has 0 spiro atoms. The third-order valence-electron chi connectivity index (χ3n) is 6.92. The van der Waals surface area contributed by atoms with Gasteiger partial charge in [0.05, 0.1) is 34.4 Å². The van der Waals surface area contributed by atoms with Crippen molar-refractivity contribution in [3.05, 3.63) is 0 Å². The van der Waals surface area contributed by atoms with Gasteiger partial charge < -0.3 is 18.9 Å². The number of esters is 1. The zero-order chi connectivity index (χ0) is 30.0. The Morgan fingerprint density at radius 1 is 0.675 bits per heavy atom. The van der Waals surface area contributed by atoms with E-state index in [0.29, 0.717) is 24.1 Å². The minimum absolute atomic E-state index is 0.0923. The molecule has 1 N–H and O–H groups in total. The first-order chi connectivity index (χ1) is 19.1. The van der Waals surface area contributed by atoms with Crippen molar-refractivity contribution in [1.29, 1.82) is 0 Å². The van der Waals surface area contributed by atoms with Crippen LogP contribution >= 0.6 is 7.82 Å². The summed E-state index contributed by atoms with van der Waals surface area (Å²) in [5, 5.41) is 0. The number of ether oxygens (including phenoxy) is 2. The van der Waals surface area contributed by atoms with Crippen LogP contribution < -0.4 is 0 Å². The summed E-state index contributed by atoms with van der Waals surface area (Å²) in [6, 6.07) is 0. The van der Waals surface area contributed by atoms with Crippen LogP contribution in [-0.2, 0) is 27.9 Å². The number of carbonyl (C=O) groups excluding carboxylic acids is 1. The number of phosphoric acid groups is 1. The van der Waals surface area contributed by atoms with Crippen LogP contribution in [-0.4, -0.2) is 75.6 Å². The molecule has 2 unspecified atom stereocenters. The van der Waals surface area contributed by atoms with Crippen LogP contribution in [0.3, 0.4) is 0 Å². The minimum Gasteiger partial charge on any atom is -0.457 e. The number of likely N-dealkylation sites (N-methyl/N-ethyl adjacent to an activating group) is 1. The van der Waals surface area contributed by atoms with Crippen LogP contribution in [0.1, 0.15) is 136 Å². The van der Waals surface area contributed by atoms with E-state index in [1.54, 1.807) is 0 Å². The molecular weight excluding hydrogens is 529 g/mol. The first-order valence-electron chi connectivity index (χ1n) is 16.3. The van der Waals surface area contributed by atoms with E-state index in [9.17, 15) is 14.3 Å². The molecule has 0 saturated carbocycles. The molecule has 0 aliphatic rings. The standard InChI is InChI=1S/C31H64NO7P/c1-6-8-10-12-13-14-15-16-17-18-19-21-23-26-36-28-30(39-31(33)24-22-20-11-9-7-2)29-38-40(34,35)37-27-25-32(3,4)5/h30H,6-29H2,1-5H3/p+1. The SMILES string of the molecule is CCCCCCCCCCCCCCCOCC(COP(=O)(O)OCC[N+](C)(C)C)OC(=O)CCCCCCC. The van der Waals surface area contributed by atoms with Gasteiger partial charge in [-0.1, -0.05) is 117 Å². The monoisotopic (exact) mass is 594 g/mol. The average Bonchev–Trinajstić information content (AvgIpc) is 2.88. The van der Waals surface area contributed by atoms with Crippen molar-refractivity contribution in [3.8, 4) is 0 Å². The summed E-state index contributed by atoms with van der Waals surface area (Å²) in [5.74, 6) is -0.326. The number of nitrogens with zero attached hydrogens (tertiary/aromatic N) is 1. The molecule has 0 amide bonds. The minimum atomic E-state index is -4.24. The van der Waals surface area contributed by atoms with Gasteiger partial charge >= 0.3 is 13.8 Å². The molecule has 0 aromatic carbocycles. The van der Waals surface area contributed by atoms with Gasteiger partial charge in [0.2, 0.25) is 0 Å². The smallest absolute Gasteiger partial charge is 0.457 e. The molecule has 2 atom stereocenters. The van der Waals surface area contributed by atoms with Crippen molar-refractivity contribution < 1.29 is 37.3 Å². The maximum Gasteiger partial charge on any atom is 0.472 e. The first kappa shape index (κ1) is 39.5. The lowest BCUT2D eigenvalue weighted by molar-refractivity contribution is -0.870. The Hall–Kier alpha value is -0.500. The van der Waals surface area contributed by atoms with Gasteiger partial charge in [-0.2, -0.15) is 0 Å². The number of rotatable bonds is 30. The highest BCUT2D eigenvalue weighted by atomic mass is 31.2. The third-order valence-corrected chi connectivity index (χ3v) is 7.90. The summed E-state index contributed by atoms with van der Waals surface area (Å²) >= 11 is 0. The molecule has 0 radical (unpaired) electrons. The van der Waals surface area contributed by atoms with Crippen LogP contribution in [0.5, 0.6) is 0 Å². The van der Waals surface area contributed by atoms with Crippen molar-refractivity contribution in [2.45, 2.75) is 142 Å². The van der Waals surface area contributed by atoms with Crippen molar-refractivity contribution in [2.24, 2.45) is 0 Å². The highest BCUT2D eigenvalue weighted by Gasteiger charge is 2.26. The lowest BCUT2D eigenvalue weighted by Crippen LogP contribution is -2.37. The molecule has 9 heteroatoms. The quantitative estimate of drug-likeness (QED) is 0.0388. The van der Waals surface area contributed by atoms with E-state index >= 15 is 0 Å². The number of quaternary nitrogens is 1. The fourth-order valence-corrected chi connectivity index (χ4v) is 5.06. The summed E-state index contributed by atoms with van der Waals surface area (Å²) in [7, 11) is 1.67.